The van der Waals surface area contributed by atoms with Crippen LogP contribution in [0.2, 0.25) is 5.02 Å². The van der Waals surface area contributed by atoms with Crippen LogP contribution in [-0.4, -0.2) is 23.8 Å². The minimum atomic E-state index is -1.00. The highest BCUT2D eigenvalue weighted by molar-refractivity contribution is 9.10. The fraction of sp³-hybridized carbons (Fsp3) is 0.0513. The SMILES string of the molecule is CCc1ccc(C(=O)Nc2scc(-c3ccc(Cl)cc3)c2C(=O)OC(=O)c2c(-c3ccc(Br)cc3)csc2NC(=O)c2ccc(C#N)cc2)cc1. The molecule has 0 bridgehead atoms. The zero-order valence-electron chi connectivity index (χ0n) is 26.7. The van der Waals surface area contributed by atoms with Crippen molar-refractivity contribution in [2.45, 2.75) is 13.3 Å². The molecule has 0 aliphatic rings. The number of thiophene rings is 2. The molecule has 2 aromatic heterocycles. The van der Waals surface area contributed by atoms with E-state index >= 15 is 0 Å². The Hall–Kier alpha value is -5.38. The summed E-state index contributed by atoms with van der Waals surface area (Å²) in [5, 5.41) is 19.0. The molecular weight excluding hydrogens is 770 g/mol. The zero-order valence-corrected chi connectivity index (χ0v) is 30.6. The molecule has 2 N–H and O–H groups in total. The molecule has 2 amide bonds. The number of nitriles is 1. The number of nitrogens with zero attached hydrogens (tertiary/aromatic N) is 1. The van der Waals surface area contributed by atoms with Gasteiger partial charge in [0.1, 0.15) is 21.1 Å². The second-order valence-corrected chi connectivity index (χ2v) is 14.2. The first-order chi connectivity index (χ1) is 24.6. The second-order valence-electron chi connectivity index (χ2n) is 11.0. The summed E-state index contributed by atoms with van der Waals surface area (Å²) in [4.78, 5) is 54.7. The summed E-state index contributed by atoms with van der Waals surface area (Å²) in [6, 6.07) is 29.1. The lowest BCUT2D eigenvalue weighted by atomic mass is 10.0. The number of halogens is 2. The molecule has 0 saturated heterocycles. The van der Waals surface area contributed by atoms with Gasteiger partial charge in [0.05, 0.1) is 11.6 Å². The molecule has 0 radical (unpaired) electrons. The van der Waals surface area contributed by atoms with E-state index in [1.807, 2.05) is 25.1 Å². The number of ether oxygens (including phenoxy) is 1. The van der Waals surface area contributed by atoms with Crippen LogP contribution in [0.3, 0.4) is 0 Å². The van der Waals surface area contributed by atoms with Crippen molar-refractivity contribution in [3.63, 3.8) is 0 Å². The molecule has 2 heterocycles. The zero-order chi connectivity index (χ0) is 36.1. The van der Waals surface area contributed by atoms with Gasteiger partial charge in [-0.05, 0) is 83.8 Å². The number of carbonyl (C=O) groups is 4. The highest BCUT2D eigenvalue weighted by Gasteiger charge is 2.30. The summed E-state index contributed by atoms with van der Waals surface area (Å²) in [7, 11) is 0. The lowest BCUT2D eigenvalue weighted by Crippen LogP contribution is -2.19. The molecule has 0 unspecified atom stereocenters. The summed E-state index contributed by atoms with van der Waals surface area (Å²) in [5.74, 6) is -2.97. The molecule has 8 nitrogen and oxygen atoms in total. The topological polar surface area (TPSA) is 125 Å². The first kappa shape index (κ1) is 35.4. The number of esters is 2. The Morgan fingerprint density at radius 2 is 1.16 bits per heavy atom. The third kappa shape index (κ3) is 8.01. The number of anilines is 2. The lowest BCUT2D eigenvalue weighted by molar-refractivity contribution is 0.0401. The van der Waals surface area contributed by atoms with Gasteiger partial charge in [-0.3, -0.25) is 9.59 Å². The average Bonchev–Trinajstić information content (AvgIpc) is 3.76. The molecule has 252 valence electrons. The monoisotopic (exact) mass is 793 g/mol. The Labute approximate surface area is 314 Å². The van der Waals surface area contributed by atoms with E-state index in [1.165, 1.54) is 24.3 Å². The van der Waals surface area contributed by atoms with Crippen molar-refractivity contribution in [2.75, 3.05) is 10.6 Å². The van der Waals surface area contributed by atoms with E-state index in [-0.39, 0.29) is 26.7 Å². The van der Waals surface area contributed by atoms with Crippen molar-refractivity contribution >= 4 is 84.0 Å². The van der Waals surface area contributed by atoms with Gasteiger partial charge in [0.15, 0.2) is 0 Å². The summed E-state index contributed by atoms with van der Waals surface area (Å²) < 4.78 is 6.41. The van der Waals surface area contributed by atoms with Crippen molar-refractivity contribution in [2.24, 2.45) is 0 Å². The summed E-state index contributed by atoms with van der Waals surface area (Å²) in [5.41, 5.74) is 4.20. The van der Waals surface area contributed by atoms with Crippen LogP contribution >= 0.6 is 50.2 Å². The molecule has 0 aliphatic heterocycles. The third-order valence-corrected chi connectivity index (χ3v) is 10.4. The van der Waals surface area contributed by atoms with E-state index in [0.717, 1.165) is 39.1 Å². The predicted octanol–water partition coefficient (Wildman–Crippen LogP) is 10.5. The molecule has 0 fully saturated rings. The van der Waals surface area contributed by atoms with Crippen LogP contribution in [0.15, 0.2) is 112 Å². The van der Waals surface area contributed by atoms with Gasteiger partial charge in [0.25, 0.3) is 11.8 Å². The number of hydrogen-bond acceptors (Lipinski definition) is 8. The Bertz CT molecular complexity index is 2310. The van der Waals surface area contributed by atoms with E-state index in [9.17, 15) is 19.2 Å². The second kappa shape index (κ2) is 15.7. The quantitative estimate of drug-likeness (QED) is 0.111. The van der Waals surface area contributed by atoms with Gasteiger partial charge in [0, 0.05) is 42.5 Å². The van der Waals surface area contributed by atoms with E-state index in [4.69, 9.17) is 21.6 Å². The fourth-order valence-corrected chi connectivity index (χ4v) is 7.41. The van der Waals surface area contributed by atoms with Gasteiger partial charge < -0.3 is 15.4 Å². The normalized spacial score (nSPS) is 10.6. The molecule has 12 heteroatoms. The number of nitrogens with one attached hydrogen (secondary N) is 2. The van der Waals surface area contributed by atoms with Crippen molar-refractivity contribution in [1.29, 1.82) is 5.26 Å². The maximum atomic E-state index is 14.1. The first-order valence-corrected chi connectivity index (χ1v) is 18.3. The van der Waals surface area contributed by atoms with Gasteiger partial charge in [-0.15, -0.1) is 22.7 Å². The van der Waals surface area contributed by atoms with Crippen LogP contribution in [0.1, 0.15) is 59.5 Å². The van der Waals surface area contributed by atoms with Gasteiger partial charge in [-0.25, -0.2) is 9.59 Å². The molecule has 4 aromatic carbocycles. The third-order valence-electron chi connectivity index (χ3n) is 7.84. The lowest BCUT2D eigenvalue weighted by Gasteiger charge is -2.11. The molecule has 0 saturated carbocycles. The highest BCUT2D eigenvalue weighted by Crippen LogP contribution is 2.40. The largest absolute Gasteiger partial charge is 0.386 e. The fourth-order valence-electron chi connectivity index (χ4n) is 5.11. The number of aryl methyl sites for hydroxylation is 1. The molecule has 51 heavy (non-hydrogen) atoms. The number of benzene rings is 4. The van der Waals surface area contributed by atoms with Crippen LogP contribution in [0, 0.1) is 11.3 Å². The van der Waals surface area contributed by atoms with E-state index < -0.39 is 23.8 Å². The van der Waals surface area contributed by atoms with E-state index in [2.05, 4.69) is 26.6 Å². The van der Waals surface area contributed by atoms with Crippen molar-refractivity contribution in [1.82, 2.24) is 0 Å². The van der Waals surface area contributed by atoms with Crippen molar-refractivity contribution in [3.05, 3.63) is 151 Å². The molecule has 0 spiro atoms. The van der Waals surface area contributed by atoms with Crippen LogP contribution in [0.4, 0.5) is 10.0 Å². The number of amides is 2. The number of hydrogen-bond donors (Lipinski definition) is 2. The molecule has 0 aliphatic carbocycles. The maximum absolute atomic E-state index is 14.1. The average molecular weight is 795 g/mol. The van der Waals surface area contributed by atoms with Crippen LogP contribution in [-0.2, 0) is 11.2 Å². The molecular formula is C39H25BrClN3O5S2. The predicted molar refractivity (Wildman–Crippen MR) is 205 cm³/mol. The minimum absolute atomic E-state index is 0.0159. The maximum Gasteiger partial charge on any atom is 0.349 e. The van der Waals surface area contributed by atoms with Crippen molar-refractivity contribution < 1.29 is 23.9 Å². The van der Waals surface area contributed by atoms with E-state index in [1.54, 1.807) is 71.4 Å². The standard InChI is InChI=1S/C39H25BrClN3O5S2/c1-2-22-3-7-26(8-4-22)34(45)43-37-33(31(21-51-37)25-13-17-29(41)18-14-25)39(48)49-38(47)32-30(24-11-15-28(40)16-12-24)20-50-36(32)44-35(46)27-9-5-23(19-42)6-10-27/h3-18,20-21H,2H2,1H3,(H,43,45)(H,44,46). The Balaban J connectivity index is 1.36. The van der Waals surface area contributed by atoms with Gasteiger partial charge in [-0.2, -0.15) is 5.26 Å². The van der Waals surface area contributed by atoms with Gasteiger partial charge in [0.2, 0.25) is 0 Å². The van der Waals surface area contributed by atoms with Gasteiger partial charge in [-0.1, -0.05) is 70.9 Å². The number of rotatable bonds is 9. The van der Waals surface area contributed by atoms with E-state index in [0.29, 0.717) is 38.4 Å². The highest BCUT2D eigenvalue weighted by atomic mass is 79.9. The Morgan fingerprint density at radius 3 is 1.61 bits per heavy atom. The molecule has 6 aromatic rings. The molecule has 6 rings (SSSR count). The van der Waals surface area contributed by atoms with Gasteiger partial charge >= 0.3 is 11.9 Å². The Morgan fingerprint density at radius 1 is 0.706 bits per heavy atom. The number of carbonyl (C=O) groups excluding carboxylic acids is 4. The smallest absolute Gasteiger partial charge is 0.349 e. The summed E-state index contributed by atoms with van der Waals surface area (Å²) >= 11 is 11.8. The van der Waals surface area contributed by atoms with Crippen molar-refractivity contribution in [3.8, 4) is 28.3 Å². The molecule has 0 atom stereocenters. The van der Waals surface area contributed by atoms with Crippen LogP contribution < -0.4 is 10.6 Å². The first-order valence-electron chi connectivity index (χ1n) is 15.4. The van der Waals surface area contributed by atoms with Crippen LogP contribution in [0.25, 0.3) is 22.3 Å². The Kier molecular flexibility index (Phi) is 10.9. The minimum Gasteiger partial charge on any atom is -0.386 e. The summed E-state index contributed by atoms with van der Waals surface area (Å²) in [6.45, 7) is 2.02. The summed E-state index contributed by atoms with van der Waals surface area (Å²) in [6.07, 6.45) is 0.815. The van der Waals surface area contributed by atoms with Crippen LogP contribution in [0.5, 0.6) is 0 Å².